The van der Waals surface area contributed by atoms with Crippen LogP contribution in [0.2, 0.25) is 0 Å². The summed E-state index contributed by atoms with van der Waals surface area (Å²) in [5.41, 5.74) is 5.17. The maximum Gasteiger partial charge on any atom is 0.225 e. The number of aromatic nitrogens is 2. The summed E-state index contributed by atoms with van der Waals surface area (Å²) < 4.78 is 5.56. The van der Waals surface area contributed by atoms with E-state index in [1.165, 1.54) is 54.5 Å². The Hall–Kier alpha value is -2.44. The van der Waals surface area contributed by atoms with Crippen molar-refractivity contribution in [1.29, 1.82) is 0 Å². The molecule has 5 rings (SSSR count). The Morgan fingerprint density at radius 1 is 1.00 bits per heavy atom. The fourth-order valence-corrected chi connectivity index (χ4v) is 5.89. The predicted molar refractivity (Wildman–Crippen MR) is 148 cm³/mol. The zero-order valence-corrected chi connectivity index (χ0v) is 22.3. The zero-order chi connectivity index (χ0) is 24.7. The van der Waals surface area contributed by atoms with E-state index in [4.69, 9.17) is 14.7 Å². The first kappa shape index (κ1) is 25.2. The van der Waals surface area contributed by atoms with Gasteiger partial charge in [0.2, 0.25) is 5.95 Å². The van der Waals surface area contributed by atoms with Crippen LogP contribution < -0.4 is 9.64 Å². The Morgan fingerprint density at radius 2 is 1.86 bits per heavy atom. The van der Waals surface area contributed by atoms with Gasteiger partial charge < -0.3 is 9.64 Å². The third kappa shape index (κ3) is 5.92. The molecule has 194 valence electrons. The lowest BCUT2D eigenvalue weighted by Gasteiger charge is -2.43. The highest BCUT2D eigenvalue weighted by atomic mass is 16.5. The van der Waals surface area contributed by atoms with Gasteiger partial charge in [0, 0.05) is 62.8 Å². The van der Waals surface area contributed by atoms with E-state index >= 15 is 0 Å². The summed E-state index contributed by atoms with van der Waals surface area (Å²) in [6.07, 6.45) is 16.4. The molecule has 2 aromatic rings. The molecule has 0 bridgehead atoms. The van der Waals surface area contributed by atoms with Crippen molar-refractivity contribution in [3.63, 3.8) is 0 Å². The molecule has 1 saturated carbocycles. The van der Waals surface area contributed by atoms with Crippen molar-refractivity contribution in [1.82, 2.24) is 19.8 Å². The number of fused-ring (bicyclic) bond motifs is 1. The van der Waals surface area contributed by atoms with Crippen molar-refractivity contribution in [2.24, 2.45) is 0 Å². The second-order valence-corrected chi connectivity index (χ2v) is 10.5. The predicted octanol–water partition coefficient (Wildman–Crippen LogP) is 4.62. The monoisotopic (exact) mass is 489 g/mol. The van der Waals surface area contributed by atoms with Crippen molar-refractivity contribution in [3.05, 3.63) is 52.9 Å². The summed E-state index contributed by atoms with van der Waals surface area (Å²) in [7, 11) is 1.76. The largest absolute Gasteiger partial charge is 0.496 e. The van der Waals surface area contributed by atoms with Gasteiger partial charge in [-0.3, -0.25) is 9.80 Å². The first-order valence-electron chi connectivity index (χ1n) is 14.1. The van der Waals surface area contributed by atoms with Crippen LogP contribution >= 0.6 is 0 Å². The second kappa shape index (κ2) is 12.2. The van der Waals surface area contributed by atoms with Crippen LogP contribution in [0.4, 0.5) is 5.95 Å². The SMILES string of the molecule is CCc1c(/C=C/CN2CCCCc3nc(N4CCN(C5CCC5)CC4)ncc3CC2)cccc1OC. The molecule has 0 atom stereocenters. The molecule has 1 saturated heterocycles. The van der Waals surface area contributed by atoms with Crippen LogP contribution in [0.1, 0.15) is 61.4 Å². The van der Waals surface area contributed by atoms with Gasteiger partial charge in [0.15, 0.2) is 0 Å². The average Bonchev–Trinajstić information content (AvgIpc) is 2.98. The summed E-state index contributed by atoms with van der Waals surface area (Å²) in [5.74, 6) is 1.93. The van der Waals surface area contributed by atoms with Gasteiger partial charge in [-0.25, -0.2) is 9.97 Å². The maximum atomic E-state index is 5.56. The molecule has 36 heavy (non-hydrogen) atoms. The summed E-state index contributed by atoms with van der Waals surface area (Å²) in [5, 5.41) is 0. The minimum Gasteiger partial charge on any atom is -0.496 e. The lowest BCUT2D eigenvalue weighted by Crippen LogP contribution is -2.52. The molecule has 1 aromatic heterocycles. The Morgan fingerprint density at radius 3 is 2.61 bits per heavy atom. The molecular weight excluding hydrogens is 446 g/mol. The molecule has 1 aliphatic carbocycles. The van der Waals surface area contributed by atoms with Gasteiger partial charge in [-0.2, -0.15) is 0 Å². The average molecular weight is 490 g/mol. The number of nitrogens with zero attached hydrogens (tertiary/aromatic N) is 5. The van der Waals surface area contributed by atoms with Crippen molar-refractivity contribution in [3.8, 4) is 5.75 Å². The molecule has 0 N–H and O–H groups in total. The van der Waals surface area contributed by atoms with Crippen LogP contribution in [0.15, 0.2) is 30.5 Å². The van der Waals surface area contributed by atoms with Crippen LogP contribution in [0.3, 0.4) is 0 Å². The molecular formula is C30H43N5O. The van der Waals surface area contributed by atoms with Crippen molar-refractivity contribution in [2.75, 3.05) is 57.8 Å². The summed E-state index contributed by atoms with van der Waals surface area (Å²) in [6.45, 7) is 9.79. The minimum atomic E-state index is 0.842. The van der Waals surface area contributed by atoms with Gasteiger partial charge in [0.1, 0.15) is 5.75 Å². The Kier molecular flexibility index (Phi) is 8.55. The number of anilines is 1. The highest BCUT2D eigenvalue weighted by Gasteiger charge is 2.28. The number of rotatable bonds is 7. The fraction of sp³-hybridized carbons (Fsp3) is 0.600. The van der Waals surface area contributed by atoms with Gasteiger partial charge in [0.25, 0.3) is 0 Å². The maximum absolute atomic E-state index is 5.56. The molecule has 2 aliphatic heterocycles. The van der Waals surface area contributed by atoms with E-state index < -0.39 is 0 Å². The molecule has 0 radical (unpaired) electrons. The lowest BCUT2D eigenvalue weighted by molar-refractivity contribution is 0.120. The van der Waals surface area contributed by atoms with E-state index in [9.17, 15) is 0 Å². The number of piperazine rings is 1. The topological polar surface area (TPSA) is 44.7 Å². The van der Waals surface area contributed by atoms with E-state index in [1.54, 1.807) is 7.11 Å². The number of hydrogen-bond donors (Lipinski definition) is 0. The van der Waals surface area contributed by atoms with Gasteiger partial charge in [0.05, 0.1) is 7.11 Å². The third-order valence-electron chi connectivity index (χ3n) is 8.37. The van der Waals surface area contributed by atoms with E-state index in [0.29, 0.717) is 0 Å². The van der Waals surface area contributed by atoms with E-state index in [2.05, 4.69) is 58.2 Å². The zero-order valence-electron chi connectivity index (χ0n) is 22.3. The molecule has 0 spiro atoms. The number of hydrogen-bond acceptors (Lipinski definition) is 6. The number of ether oxygens (including phenoxy) is 1. The first-order valence-corrected chi connectivity index (χ1v) is 14.1. The molecule has 3 aliphatic rings. The second-order valence-electron chi connectivity index (χ2n) is 10.5. The fourth-order valence-electron chi connectivity index (χ4n) is 5.89. The van der Waals surface area contributed by atoms with Crippen LogP contribution in [0.5, 0.6) is 5.75 Å². The highest BCUT2D eigenvalue weighted by molar-refractivity contribution is 5.58. The summed E-state index contributed by atoms with van der Waals surface area (Å²) in [4.78, 5) is 17.6. The van der Waals surface area contributed by atoms with Gasteiger partial charge in [-0.05, 0) is 68.7 Å². The van der Waals surface area contributed by atoms with Crippen LogP contribution in [-0.2, 0) is 19.3 Å². The molecule has 0 amide bonds. The summed E-state index contributed by atoms with van der Waals surface area (Å²) >= 11 is 0. The molecule has 6 heteroatoms. The molecule has 2 fully saturated rings. The normalized spacial score (nSPS) is 20.4. The molecule has 0 unspecified atom stereocenters. The van der Waals surface area contributed by atoms with Gasteiger partial charge in [-0.15, -0.1) is 0 Å². The van der Waals surface area contributed by atoms with E-state index in [-0.39, 0.29) is 0 Å². The van der Waals surface area contributed by atoms with Gasteiger partial charge in [-0.1, -0.05) is 37.6 Å². The number of methoxy groups -OCH3 is 1. The number of aryl methyl sites for hydroxylation is 1. The highest BCUT2D eigenvalue weighted by Crippen LogP contribution is 2.27. The van der Waals surface area contributed by atoms with Crippen LogP contribution in [0, 0.1) is 0 Å². The van der Waals surface area contributed by atoms with Crippen molar-refractivity contribution >= 4 is 12.0 Å². The van der Waals surface area contributed by atoms with E-state index in [1.807, 2.05) is 0 Å². The quantitative estimate of drug-likeness (QED) is 0.566. The molecule has 3 heterocycles. The first-order chi connectivity index (χ1) is 17.7. The molecule has 1 aromatic carbocycles. The molecule has 6 nitrogen and oxygen atoms in total. The Balaban J connectivity index is 1.18. The van der Waals surface area contributed by atoms with E-state index in [0.717, 1.165) is 82.8 Å². The minimum absolute atomic E-state index is 0.842. The summed E-state index contributed by atoms with van der Waals surface area (Å²) in [6, 6.07) is 7.17. The van der Waals surface area contributed by atoms with Gasteiger partial charge >= 0.3 is 0 Å². The third-order valence-corrected chi connectivity index (χ3v) is 8.37. The van der Waals surface area contributed by atoms with Crippen LogP contribution in [0.25, 0.3) is 6.08 Å². The number of benzene rings is 1. The smallest absolute Gasteiger partial charge is 0.225 e. The Labute approximate surface area is 217 Å². The van der Waals surface area contributed by atoms with Crippen molar-refractivity contribution in [2.45, 2.75) is 64.3 Å². The lowest BCUT2D eigenvalue weighted by atomic mass is 9.91. The van der Waals surface area contributed by atoms with Crippen LogP contribution in [-0.4, -0.2) is 78.7 Å². The van der Waals surface area contributed by atoms with Crippen molar-refractivity contribution < 1.29 is 4.74 Å². The standard InChI is InChI=1S/C30H43N5O/c1-3-27-24(9-6-14-29(27)36-2)10-8-17-33-16-5-4-13-28-25(15-18-33)23-31-30(32-28)35-21-19-34(20-22-35)26-11-7-12-26/h6,8-10,14,23,26H,3-5,7,11-13,15-22H2,1-2H3/b10-8+. The Bertz CT molecular complexity index is 1030.